The van der Waals surface area contributed by atoms with Crippen LogP contribution in [0.3, 0.4) is 0 Å². The molecule has 0 radical (unpaired) electrons. The zero-order valence-electron chi connectivity index (χ0n) is 5.90. The third-order valence-electron chi connectivity index (χ3n) is 0.913. The summed E-state index contributed by atoms with van der Waals surface area (Å²) in [5, 5.41) is 12.0. The Bertz CT molecular complexity index is 299. The Labute approximate surface area is 83.5 Å². The number of nitrogens with zero attached hydrogens (tertiary/aromatic N) is 3. The third-order valence-corrected chi connectivity index (χ3v) is 2.66. The summed E-state index contributed by atoms with van der Waals surface area (Å²) in [7, 11) is 0. The number of thioether (sulfide) groups is 2. The van der Waals surface area contributed by atoms with Gasteiger partial charge in [-0.05, 0) is 11.8 Å². The standard InChI is InChI=1S/C6H4ClN3S2/c7-5-1-9-2-6(10-5)12-4-11-3-8/h1-2H,4H2. The molecule has 12 heavy (non-hydrogen) atoms. The third kappa shape index (κ3) is 3.30. The van der Waals surface area contributed by atoms with Crippen LogP contribution in [0.4, 0.5) is 0 Å². The maximum atomic E-state index is 8.24. The summed E-state index contributed by atoms with van der Waals surface area (Å²) in [5.41, 5.74) is 0. The lowest BCUT2D eigenvalue weighted by atomic mass is 10.8. The molecule has 1 aromatic heterocycles. The summed E-state index contributed by atoms with van der Waals surface area (Å²) < 4.78 is 0. The van der Waals surface area contributed by atoms with Crippen LogP contribution in [0.5, 0.6) is 0 Å². The van der Waals surface area contributed by atoms with E-state index in [1.165, 1.54) is 29.7 Å². The maximum absolute atomic E-state index is 8.24. The van der Waals surface area contributed by atoms with E-state index < -0.39 is 0 Å². The van der Waals surface area contributed by atoms with Gasteiger partial charge in [-0.2, -0.15) is 5.26 Å². The number of thiocyanates is 1. The molecule has 0 unspecified atom stereocenters. The first kappa shape index (κ1) is 9.65. The van der Waals surface area contributed by atoms with Crippen LogP contribution in [0.25, 0.3) is 0 Å². The van der Waals surface area contributed by atoms with Crippen LogP contribution in [0, 0.1) is 10.7 Å². The minimum absolute atomic E-state index is 0.377. The first-order valence-electron chi connectivity index (χ1n) is 2.94. The molecule has 6 heteroatoms. The van der Waals surface area contributed by atoms with E-state index in [1.807, 2.05) is 5.40 Å². The molecule has 0 saturated carbocycles. The maximum Gasteiger partial charge on any atom is 0.148 e. The molecule has 1 aromatic rings. The molecule has 0 spiro atoms. The molecule has 3 nitrogen and oxygen atoms in total. The van der Waals surface area contributed by atoms with Gasteiger partial charge in [0.25, 0.3) is 0 Å². The second-order valence-corrected chi connectivity index (χ2v) is 4.19. The lowest BCUT2D eigenvalue weighted by Crippen LogP contribution is -1.82. The highest BCUT2D eigenvalue weighted by Gasteiger charge is 1.96. The molecule has 0 bridgehead atoms. The zero-order valence-corrected chi connectivity index (χ0v) is 8.29. The normalized spacial score (nSPS) is 9.33. The van der Waals surface area contributed by atoms with Crippen LogP contribution < -0.4 is 0 Å². The molecule has 0 aromatic carbocycles. The summed E-state index contributed by atoms with van der Waals surface area (Å²) in [4.78, 5) is 7.84. The van der Waals surface area contributed by atoms with E-state index in [0.29, 0.717) is 10.2 Å². The predicted octanol–water partition coefficient (Wildman–Crippen LogP) is 2.39. The molecule has 1 heterocycles. The van der Waals surface area contributed by atoms with Crippen LogP contribution in [-0.4, -0.2) is 15.1 Å². The molecule has 0 N–H and O–H groups in total. The van der Waals surface area contributed by atoms with Gasteiger partial charge >= 0.3 is 0 Å². The number of nitriles is 1. The average molecular weight is 218 g/mol. The molecule has 0 atom stereocenters. The van der Waals surface area contributed by atoms with Gasteiger partial charge < -0.3 is 0 Å². The Morgan fingerprint density at radius 1 is 1.58 bits per heavy atom. The second kappa shape index (κ2) is 5.25. The van der Waals surface area contributed by atoms with Crippen LogP contribution >= 0.6 is 35.1 Å². The van der Waals surface area contributed by atoms with E-state index in [0.717, 1.165) is 5.03 Å². The molecular weight excluding hydrogens is 214 g/mol. The highest BCUT2D eigenvalue weighted by molar-refractivity contribution is 8.18. The molecule has 62 valence electrons. The highest BCUT2D eigenvalue weighted by Crippen LogP contribution is 2.20. The van der Waals surface area contributed by atoms with Gasteiger partial charge in [-0.3, -0.25) is 4.98 Å². The van der Waals surface area contributed by atoms with Crippen LogP contribution in [-0.2, 0) is 0 Å². The average Bonchev–Trinajstić information content (AvgIpc) is 2.05. The highest BCUT2D eigenvalue weighted by atomic mass is 35.5. The number of hydrogen-bond donors (Lipinski definition) is 0. The summed E-state index contributed by atoms with van der Waals surface area (Å²) in [6.07, 6.45) is 3.09. The van der Waals surface area contributed by atoms with Crippen molar-refractivity contribution in [1.29, 1.82) is 5.26 Å². The quantitative estimate of drug-likeness (QED) is 0.337. The fourth-order valence-electron chi connectivity index (χ4n) is 0.511. The Hall–Kier alpha value is -0.440. The SMILES string of the molecule is N#CSCSc1cncc(Cl)n1. The van der Waals surface area contributed by atoms with Crippen molar-refractivity contribution in [3.63, 3.8) is 0 Å². The summed E-state index contributed by atoms with van der Waals surface area (Å²) in [6, 6.07) is 0. The molecule has 0 aliphatic rings. The van der Waals surface area contributed by atoms with Gasteiger partial charge in [-0.15, -0.1) is 0 Å². The van der Waals surface area contributed by atoms with Gasteiger partial charge in [0.15, 0.2) is 0 Å². The molecule has 0 aliphatic heterocycles. The largest absolute Gasteiger partial charge is 0.259 e. The first-order valence-corrected chi connectivity index (χ1v) is 5.29. The Balaban J connectivity index is 2.48. The molecule has 1 rings (SSSR count). The monoisotopic (exact) mass is 217 g/mol. The van der Waals surface area contributed by atoms with E-state index in [2.05, 4.69) is 9.97 Å². The fourth-order valence-corrected chi connectivity index (χ4v) is 1.94. The van der Waals surface area contributed by atoms with Crippen molar-refractivity contribution < 1.29 is 0 Å². The van der Waals surface area contributed by atoms with Crippen LogP contribution in [0.1, 0.15) is 0 Å². The Morgan fingerprint density at radius 3 is 3.08 bits per heavy atom. The summed E-state index contributed by atoms with van der Waals surface area (Å²) in [6.45, 7) is 0. The van der Waals surface area contributed by atoms with Crippen molar-refractivity contribution >= 4 is 35.1 Å². The fraction of sp³-hybridized carbons (Fsp3) is 0.167. The molecule has 0 amide bonds. The second-order valence-electron chi connectivity index (χ2n) is 1.68. The molecule has 0 fully saturated rings. The molecule has 0 aliphatic carbocycles. The van der Waals surface area contributed by atoms with Crippen molar-refractivity contribution in [1.82, 2.24) is 9.97 Å². The minimum Gasteiger partial charge on any atom is -0.259 e. The summed E-state index contributed by atoms with van der Waals surface area (Å²) >= 11 is 8.21. The first-order chi connectivity index (χ1) is 5.83. The van der Waals surface area contributed by atoms with E-state index >= 15 is 0 Å². The Morgan fingerprint density at radius 2 is 2.42 bits per heavy atom. The van der Waals surface area contributed by atoms with Crippen LogP contribution in [0.15, 0.2) is 17.4 Å². The number of hydrogen-bond acceptors (Lipinski definition) is 5. The van der Waals surface area contributed by atoms with Gasteiger partial charge in [0.1, 0.15) is 15.6 Å². The van der Waals surface area contributed by atoms with Gasteiger partial charge in [-0.25, -0.2) is 4.98 Å². The smallest absolute Gasteiger partial charge is 0.148 e. The molecular formula is C6H4ClN3S2. The van der Waals surface area contributed by atoms with Crippen molar-refractivity contribution in [2.45, 2.75) is 5.03 Å². The molecule has 0 saturated heterocycles. The van der Waals surface area contributed by atoms with Gasteiger partial charge in [0.2, 0.25) is 0 Å². The van der Waals surface area contributed by atoms with Gasteiger partial charge in [0.05, 0.1) is 17.5 Å². The van der Waals surface area contributed by atoms with E-state index in [-0.39, 0.29) is 0 Å². The predicted molar refractivity (Wildman–Crippen MR) is 51.0 cm³/mol. The lowest BCUT2D eigenvalue weighted by molar-refractivity contribution is 1.06. The van der Waals surface area contributed by atoms with Crippen molar-refractivity contribution in [3.8, 4) is 5.40 Å². The van der Waals surface area contributed by atoms with Crippen molar-refractivity contribution in [2.24, 2.45) is 0 Å². The van der Waals surface area contributed by atoms with Crippen molar-refractivity contribution in [2.75, 3.05) is 5.08 Å². The van der Waals surface area contributed by atoms with Crippen LogP contribution in [0.2, 0.25) is 5.15 Å². The van der Waals surface area contributed by atoms with E-state index in [9.17, 15) is 0 Å². The van der Waals surface area contributed by atoms with E-state index in [1.54, 1.807) is 6.20 Å². The Kier molecular flexibility index (Phi) is 4.22. The topological polar surface area (TPSA) is 49.6 Å². The minimum atomic E-state index is 0.377. The van der Waals surface area contributed by atoms with E-state index in [4.69, 9.17) is 16.9 Å². The zero-order chi connectivity index (χ0) is 8.81. The number of rotatable bonds is 3. The lowest BCUT2D eigenvalue weighted by Gasteiger charge is -1.95. The number of aromatic nitrogens is 2. The van der Waals surface area contributed by atoms with Gasteiger partial charge in [-0.1, -0.05) is 23.4 Å². The van der Waals surface area contributed by atoms with Crippen molar-refractivity contribution in [3.05, 3.63) is 17.5 Å². The summed E-state index contributed by atoms with van der Waals surface area (Å²) in [5.74, 6) is 0. The number of halogens is 1. The van der Waals surface area contributed by atoms with Gasteiger partial charge in [0, 0.05) is 0 Å².